The highest BCUT2D eigenvalue weighted by Gasteiger charge is 2.34. The van der Waals surface area contributed by atoms with E-state index in [1.54, 1.807) is 6.07 Å². The molecule has 1 aromatic carbocycles. The summed E-state index contributed by atoms with van der Waals surface area (Å²) in [7, 11) is 1.83. The lowest BCUT2D eigenvalue weighted by atomic mass is 10.2. The zero-order valence-corrected chi connectivity index (χ0v) is 11.2. The van der Waals surface area contributed by atoms with Gasteiger partial charge in [0.1, 0.15) is 11.0 Å². The summed E-state index contributed by atoms with van der Waals surface area (Å²) in [4.78, 5) is 33.1. The van der Waals surface area contributed by atoms with Crippen molar-refractivity contribution in [1.29, 1.82) is 0 Å². The maximum absolute atomic E-state index is 11.0. The average molecular weight is 282 g/mol. The van der Waals surface area contributed by atoms with E-state index in [4.69, 9.17) is 9.68 Å². The van der Waals surface area contributed by atoms with E-state index < -0.39 is 10.9 Å². The maximum Gasteiger partial charge on any atom is 0.328 e. The molecule has 0 fully saturated rings. The van der Waals surface area contributed by atoms with Crippen molar-refractivity contribution in [2.75, 3.05) is 23.9 Å². The summed E-state index contributed by atoms with van der Waals surface area (Å²) in [5.74, 6) is -0.604. The van der Waals surface area contributed by atoms with Gasteiger partial charge in [-0.05, 0) is 13.0 Å². The number of nitrogens with zero attached hydrogens (tertiary/aromatic N) is 3. The average Bonchev–Trinajstić information content (AvgIpc) is 2.78. The molecule has 108 valence electrons. The number of anilines is 2. The topological polar surface area (TPSA) is 97.2 Å². The van der Waals surface area contributed by atoms with Crippen LogP contribution in [-0.2, 0) is 9.63 Å². The van der Waals surface area contributed by atoms with E-state index in [0.29, 0.717) is 23.3 Å². The van der Waals surface area contributed by atoms with Crippen LogP contribution in [0.3, 0.4) is 0 Å². The second-order valence-electron chi connectivity index (χ2n) is 4.12. The number of rotatable bonds is 4. The minimum absolute atomic E-state index is 0.00838. The van der Waals surface area contributed by atoms with Gasteiger partial charge in [-0.1, -0.05) is 0 Å². The Kier molecular flexibility index (Phi) is 3.61. The molecule has 0 unspecified atom stereocenters. The molecule has 0 radical (unpaired) electrons. The molecule has 0 amide bonds. The Bertz CT molecular complexity index is 562. The summed E-state index contributed by atoms with van der Waals surface area (Å²) >= 11 is 0. The quantitative estimate of drug-likeness (QED) is 0.655. The van der Waals surface area contributed by atoms with E-state index >= 15 is 0 Å². The fourth-order valence-electron chi connectivity index (χ4n) is 1.75. The fraction of sp³-hybridized carbons (Fsp3) is 0.364. The molecule has 20 heavy (non-hydrogen) atoms. The minimum atomic E-state index is -0.613. The lowest BCUT2D eigenvalue weighted by Crippen LogP contribution is -2.30. The van der Waals surface area contributed by atoms with Crippen LogP contribution in [0.25, 0.3) is 0 Å². The lowest BCUT2D eigenvalue weighted by Gasteiger charge is -2.18. The van der Waals surface area contributed by atoms with Gasteiger partial charge >= 0.3 is 11.7 Å². The van der Waals surface area contributed by atoms with Gasteiger partial charge in [-0.3, -0.25) is 14.9 Å². The van der Waals surface area contributed by atoms with Crippen molar-refractivity contribution in [2.45, 2.75) is 13.8 Å². The van der Waals surface area contributed by atoms with Crippen molar-refractivity contribution < 1.29 is 19.4 Å². The summed E-state index contributed by atoms with van der Waals surface area (Å²) < 4.78 is 0. The number of nitrogens with one attached hydrogen (secondary N) is 1. The molecule has 1 aromatic rings. The van der Waals surface area contributed by atoms with Gasteiger partial charge < -0.3 is 14.6 Å². The number of hydrazine groups is 1. The Labute approximate surface area is 114 Å². The molecule has 0 saturated carbocycles. The normalized spacial score (nSPS) is 13.2. The summed E-state index contributed by atoms with van der Waals surface area (Å²) in [6.07, 6.45) is 0. The van der Waals surface area contributed by atoms with E-state index in [2.05, 4.69) is 5.43 Å². The van der Waals surface area contributed by atoms with Crippen molar-refractivity contribution in [2.24, 2.45) is 0 Å². The Balaban J connectivity index is 2.43. The van der Waals surface area contributed by atoms with Crippen LogP contribution in [0.4, 0.5) is 17.1 Å². The SMILES string of the molecule is CCN(C)c1ccc([N+](=O)[O-])c2c1NN(OC(C)=O)O2. The number of hydrogen-bond donors (Lipinski definition) is 1. The number of carbonyl (C=O) groups excluding carboxylic acids is 1. The highest BCUT2D eigenvalue weighted by molar-refractivity contribution is 5.82. The highest BCUT2D eigenvalue weighted by Crippen LogP contribution is 2.45. The molecular weight excluding hydrogens is 268 g/mol. The molecule has 0 bridgehead atoms. The van der Waals surface area contributed by atoms with Crippen molar-refractivity contribution in [3.63, 3.8) is 0 Å². The molecule has 0 aromatic heterocycles. The molecule has 1 aliphatic heterocycles. The van der Waals surface area contributed by atoms with Gasteiger partial charge in [0, 0.05) is 26.6 Å². The standard InChI is InChI=1S/C11H14N4O5/c1-4-13(3)8-5-6-9(14(17)18)11-10(8)12-15(20-11)19-7(2)16/h5-6,12H,4H2,1-3H3. The zero-order chi connectivity index (χ0) is 14.9. The largest absolute Gasteiger partial charge is 0.373 e. The second kappa shape index (κ2) is 5.21. The highest BCUT2D eigenvalue weighted by atomic mass is 17.0. The van der Waals surface area contributed by atoms with Gasteiger partial charge in [0.05, 0.1) is 10.6 Å². The second-order valence-corrected chi connectivity index (χ2v) is 4.12. The third kappa shape index (κ3) is 2.43. The molecule has 9 heteroatoms. The van der Waals surface area contributed by atoms with Gasteiger partial charge in [-0.25, -0.2) is 5.43 Å². The van der Waals surface area contributed by atoms with Crippen LogP contribution in [0.1, 0.15) is 13.8 Å². The molecule has 1 heterocycles. The van der Waals surface area contributed by atoms with Gasteiger partial charge in [0.2, 0.25) is 0 Å². The molecule has 9 nitrogen and oxygen atoms in total. The smallest absolute Gasteiger partial charge is 0.328 e. The molecule has 0 atom stereocenters. The van der Waals surface area contributed by atoms with Crippen molar-refractivity contribution in [1.82, 2.24) is 5.34 Å². The third-order valence-electron chi connectivity index (χ3n) is 2.79. The molecule has 0 aliphatic carbocycles. The summed E-state index contributed by atoms with van der Waals surface area (Å²) in [6.45, 7) is 3.83. The number of hydrogen-bond acceptors (Lipinski definition) is 8. The lowest BCUT2D eigenvalue weighted by molar-refractivity contribution is -0.388. The molecule has 2 rings (SSSR count). The first-order chi connectivity index (χ1) is 9.43. The number of nitro groups is 1. The van der Waals surface area contributed by atoms with E-state index in [1.165, 1.54) is 13.0 Å². The predicted octanol–water partition coefficient (Wildman–Crippen LogP) is 1.47. The van der Waals surface area contributed by atoms with Crippen LogP contribution < -0.4 is 15.2 Å². The summed E-state index contributed by atoms with van der Waals surface area (Å²) in [6, 6.07) is 2.95. The van der Waals surface area contributed by atoms with E-state index in [0.717, 1.165) is 0 Å². The molecule has 1 N–H and O–H groups in total. The van der Waals surface area contributed by atoms with Crippen molar-refractivity contribution >= 4 is 23.0 Å². The minimum Gasteiger partial charge on any atom is -0.373 e. The Morgan fingerprint density at radius 1 is 1.60 bits per heavy atom. The Hall–Kier alpha value is -2.55. The van der Waals surface area contributed by atoms with Crippen LogP contribution >= 0.6 is 0 Å². The van der Waals surface area contributed by atoms with Crippen molar-refractivity contribution in [3.8, 4) is 5.75 Å². The number of carbonyl (C=O) groups is 1. The fourth-order valence-corrected chi connectivity index (χ4v) is 1.75. The van der Waals surface area contributed by atoms with Gasteiger partial charge in [-0.15, -0.1) is 0 Å². The van der Waals surface area contributed by atoms with Crippen LogP contribution in [0.15, 0.2) is 12.1 Å². The first-order valence-electron chi connectivity index (χ1n) is 5.89. The predicted molar refractivity (Wildman–Crippen MR) is 69.9 cm³/mol. The molecule has 1 aliphatic rings. The number of fused-ring (bicyclic) bond motifs is 1. The van der Waals surface area contributed by atoms with Crippen LogP contribution in [-0.4, -0.2) is 29.8 Å². The summed E-state index contributed by atoms with van der Waals surface area (Å²) in [5, 5.41) is 11.7. The first-order valence-corrected chi connectivity index (χ1v) is 5.89. The van der Waals surface area contributed by atoms with E-state index in [1.807, 2.05) is 18.9 Å². The monoisotopic (exact) mass is 282 g/mol. The van der Waals surface area contributed by atoms with Crippen LogP contribution in [0.2, 0.25) is 0 Å². The number of nitro benzene ring substituents is 1. The van der Waals surface area contributed by atoms with E-state index in [9.17, 15) is 14.9 Å². The van der Waals surface area contributed by atoms with Gasteiger partial charge in [0.15, 0.2) is 0 Å². The number of benzene rings is 1. The van der Waals surface area contributed by atoms with Crippen LogP contribution in [0.5, 0.6) is 5.75 Å². The van der Waals surface area contributed by atoms with E-state index in [-0.39, 0.29) is 11.4 Å². The Morgan fingerprint density at radius 2 is 2.30 bits per heavy atom. The van der Waals surface area contributed by atoms with Gasteiger partial charge in [0.25, 0.3) is 5.75 Å². The molecule has 0 saturated heterocycles. The first kappa shape index (κ1) is 13.9. The molecule has 0 spiro atoms. The molecular formula is C11H14N4O5. The van der Waals surface area contributed by atoms with Gasteiger partial charge in [-0.2, -0.15) is 0 Å². The van der Waals surface area contributed by atoms with Crippen LogP contribution in [0, 0.1) is 10.1 Å². The zero-order valence-electron chi connectivity index (χ0n) is 11.2. The third-order valence-corrected chi connectivity index (χ3v) is 2.79. The van der Waals surface area contributed by atoms with Crippen molar-refractivity contribution in [3.05, 3.63) is 22.2 Å². The summed E-state index contributed by atoms with van der Waals surface area (Å²) in [5.41, 5.74) is 3.53. The maximum atomic E-state index is 11.0. The Morgan fingerprint density at radius 3 is 2.85 bits per heavy atom.